The van der Waals surface area contributed by atoms with Crippen molar-refractivity contribution in [3.05, 3.63) is 52.3 Å². The number of anilines is 1. The van der Waals surface area contributed by atoms with Gasteiger partial charge in [0, 0.05) is 6.54 Å². The molecule has 0 bridgehead atoms. The molecule has 0 spiro atoms. The molecule has 0 aliphatic rings. The van der Waals surface area contributed by atoms with E-state index in [1.54, 1.807) is 0 Å². The number of aromatic nitrogens is 2. The number of hydrogen-bond acceptors (Lipinski definition) is 6. The lowest BCUT2D eigenvalue weighted by molar-refractivity contribution is -0.385. The van der Waals surface area contributed by atoms with E-state index in [1.807, 2.05) is 30.3 Å². The molecule has 0 radical (unpaired) electrons. The fourth-order valence-corrected chi connectivity index (χ4v) is 1.59. The third-order valence-corrected chi connectivity index (χ3v) is 2.47. The van der Waals surface area contributed by atoms with E-state index in [4.69, 9.17) is 4.74 Å². The first-order chi connectivity index (χ1) is 9.22. The van der Waals surface area contributed by atoms with Gasteiger partial charge in [0.05, 0.1) is 12.0 Å². The van der Waals surface area contributed by atoms with Crippen LogP contribution in [0, 0.1) is 10.1 Å². The molecule has 0 amide bonds. The molecule has 1 heterocycles. The van der Waals surface area contributed by atoms with Crippen LogP contribution in [0.2, 0.25) is 0 Å². The van der Waals surface area contributed by atoms with Gasteiger partial charge in [-0.15, -0.1) is 0 Å². The van der Waals surface area contributed by atoms with Gasteiger partial charge in [0.1, 0.15) is 6.33 Å². The van der Waals surface area contributed by atoms with Crippen LogP contribution in [0.15, 0.2) is 36.7 Å². The molecule has 1 aromatic carbocycles. The minimum atomic E-state index is -0.563. The highest BCUT2D eigenvalue weighted by molar-refractivity contribution is 5.61. The molecule has 98 valence electrons. The molecule has 0 aliphatic heterocycles. The van der Waals surface area contributed by atoms with Gasteiger partial charge in [-0.3, -0.25) is 10.1 Å². The summed E-state index contributed by atoms with van der Waals surface area (Å²) in [7, 11) is 1.33. The Labute approximate surface area is 109 Å². The Bertz CT molecular complexity index is 574. The van der Waals surface area contributed by atoms with Gasteiger partial charge < -0.3 is 10.1 Å². The number of nitrogens with zero attached hydrogens (tertiary/aromatic N) is 3. The van der Waals surface area contributed by atoms with Crippen molar-refractivity contribution >= 4 is 11.5 Å². The van der Waals surface area contributed by atoms with Crippen LogP contribution >= 0.6 is 0 Å². The van der Waals surface area contributed by atoms with Crippen molar-refractivity contribution in [3.8, 4) is 5.88 Å². The van der Waals surface area contributed by atoms with E-state index < -0.39 is 4.92 Å². The van der Waals surface area contributed by atoms with E-state index in [-0.39, 0.29) is 17.4 Å². The van der Waals surface area contributed by atoms with Crippen LogP contribution in [-0.2, 0) is 6.54 Å². The lowest BCUT2D eigenvalue weighted by atomic mass is 10.2. The van der Waals surface area contributed by atoms with Crippen LogP contribution in [-0.4, -0.2) is 22.0 Å². The van der Waals surface area contributed by atoms with Gasteiger partial charge in [0.25, 0.3) is 5.88 Å². The summed E-state index contributed by atoms with van der Waals surface area (Å²) in [4.78, 5) is 18.1. The first-order valence-electron chi connectivity index (χ1n) is 5.53. The second-order valence-electron chi connectivity index (χ2n) is 3.68. The topological polar surface area (TPSA) is 90.2 Å². The molecule has 0 saturated heterocycles. The van der Waals surface area contributed by atoms with Gasteiger partial charge in [-0.1, -0.05) is 30.3 Å². The summed E-state index contributed by atoms with van der Waals surface area (Å²) in [6.45, 7) is 0.432. The molecule has 7 nitrogen and oxygen atoms in total. The van der Waals surface area contributed by atoms with Crippen LogP contribution in [0.25, 0.3) is 0 Å². The van der Waals surface area contributed by atoms with E-state index in [2.05, 4.69) is 15.3 Å². The minimum Gasteiger partial charge on any atom is -0.476 e. The molecule has 0 aliphatic carbocycles. The zero-order valence-electron chi connectivity index (χ0n) is 10.2. The van der Waals surface area contributed by atoms with Crippen LogP contribution in [0.3, 0.4) is 0 Å². The maximum Gasteiger partial charge on any atom is 0.372 e. The zero-order valence-corrected chi connectivity index (χ0v) is 10.2. The number of nitro groups is 1. The molecular formula is C12H12N4O3. The van der Waals surface area contributed by atoms with Crippen molar-refractivity contribution in [2.45, 2.75) is 6.54 Å². The summed E-state index contributed by atoms with van der Waals surface area (Å²) in [6.07, 6.45) is 1.22. The van der Waals surface area contributed by atoms with Gasteiger partial charge in [0.15, 0.2) is 0 Å². The van der Waals surface area contributed by atoms with Crippen molar-refractivity contribution in [2.24, 2.45) is 0 Å². The number of benzene rings is 1. The fraction of sp³-hybridized carbons (Fsp3) is 0.167. The molecule has 1 N–H and O–H groups in total. The van der Waals surface area contributed by atoms with Gasteiger partial charge in [-0.2, -0.15) is 4.98 Å². The maximum atomic E-state index is 11.0. The second-order valence-corrected chi connectivity index (χ2v) is 3.68. The Morgan fingerprint density at radius 1 is 1.32 bits per heavy atom. The first-order valence-corrected chi connectivity index (χ1v) is 5.53. The number of rotatable bonds is 5. The number of hydrogen-bond donors (Lipinski definition) is 1. The van der Waals surface area contributed by atoms with Gasteiger partial charge >= 0.3 is 5.69 Å². The Balaban J connectivity index is 2.23. The highest BCUT2D eigenvalue weighted by atomic mass is 16.6. The standard InChI is InChI=1S/C12H12N4O3/c1-19-12-10(16(17)18)11(14-8-15-12)13-7-9-5-3-2-4-6-9/h2-6,8H,7H2,1H3,(H,13,14,15). The molecule has 19 heavy (non-hydrogen) atoms. The molecule has 0 saturated carbocycles. The third kappa shape index (κ3) is 2.95. The maximum absolute atomic E-state index is 11.0. The van der Waals surface area contributed by atoms with E-state index in [0.29, 0.717) is 6.54 Å². The molecule has 2 aromatic rings. The van der Waals surface area contributed by atoms with Crippen LogP contribution in [0.5, 0.6) is 5.88 Å². The lowest BCUT2D eigenvalue weighted by Crippen LogP contribution is -2.07. The minimum absolute atomic E-state index is 0.0597. The average Bonchev–Trinajstić information content (AvgIpc) is 2.45. The van der Waals surface area contributed by atoms with Crippen LogP contribution < -0.4 is 10.1 Å². The number of methoxy groups -OCH3 is 1. The molecule has 2 rings (SSSR count). The van der Waals surface area contributed by atoms with Crippen LogP contribution in [0.1, 0.15) is 5.56 Å². The normalized spacial score (nSPS) is 9.95. The quantitative estimate of drug-likeness (QED) is 0.653. The molecule has 0 atom stereocenters. The fourth-order valence-electron chi connectivity index (χ4n) is 1.59. The van der Waals surface area contributed by atoms with Crippen molar-refractivity contribution in [3.63, 3.8) is 0 Å². The highest BCUT2D eigenvalue weighted by Gasteiger charge is 2.23. The SMILES string of the molecule is COc1ncnc(NCc2ccccc2)c1[N+](=O)[O-]. The summed E-state index contributed by atoms with van der Waals surface area (Å²) in [5.41, 5.74) is 0.732. The molecule has 0 fully saturated rings. The average molecular weight is 260 g/mol. The van der Waals surface area contributed by atoms with Crippen molar-refractivity contribution in [2.75, 3.05) is 12.4 Å². The summed E-state index contributed by atoms with van der Waals surface area (Å²) in [5.74, 6) is 0.0799. The summed E-state index contributed by atoms with van der Waals surface area (Å²) in [5, 5.41) is 13.9. The van der Waals surface area contributed by atoms with E-state index in [9.17, 15) is 10.1 Å². The smallest absolute Gasteiger partial charge is 0.372 e. The number of ether oxygens (including phenoxy) is 1. The summed E-state index contributed by atoms with van der Waals surface area (Å²) in [6, 6.07) is 9.52. The van der Waals surface area contributed by atoms with Gasteiger partial charge in [0.2, 0.25) is 5.82 Å². The van der Waals surface area contributed by atoms with Crippen LogP contribution in [0.4, 0.5) is 11.5 Å². The molecule has 7 heteroatoms. The van der Waals surface area contributed by atoms with Crippen molar-refractivity contribution in [1.82, 2.24) is 9.97 Å². The summed E-state index contributed by atoms with van der Waals surface area (Å²) < 4.78 is 4.87. The lowest BCUT2D eigenvalue weighted by Gasteiger charge is -2.07. The first kappa shape index (κ1) is 12.7. The Morgan fingerprint density at radius 3 is 2.68 bits per heavy atom. The van der Waals surface area contributed by atoms with E-state index in [1.165, 1.54) is 13.4 Å². The second kappa shape index (κ2) is 5.76. The highest BCUT2D eigenvalue weighted by Crippen LogP contribution is 2.30. The largest absolute Gasteiger partial charge is 0.476 e. The third-order valence-electron chi connectivity index (χ3n) is 2.47. The van der Waals surface area contributed by atoms with E-state index in [0.717, 1.165) is 5.56 Å². The Hall–Kier alpha value is -2.70. The van der Waals surface area contributed by atoms with Gasteiger partial charge in [-0.05, 0) is 5.56 Å². The molecule has 0 unspecified atom stereocenters. The number of nitrogens with one attached hydrogen (secondary N) is 1. The Morgan fingerprint density at radius 2 is 2.05 bits per heavy atom. The predicted molar refractivity (Wildman–Crippen MR) is 69.0 cm³/mol. The zero-order chi connectivity index (χ0) is 13.7. The summed E-state index contributed by atoms with van der Waals surface area (Å²) >= 11 is 0. The van der Waals surface area contributed by atoms with Gasteiger partial charge in [-0.25, -0.2) is 4.98 Å². The van der Waals surface area contributed by atoms with E-state index >= 15 is 0 Å². The van der Waals surface area contributed by atoms with Crippen molar-refractivity contribution in [1.29, 1.82) is 0 Å². The molecule has 1 aromatic heterocycles. The predicted octanol–water partition coefficient (Wildman–Crippen LogP) is 2.01. The Kier molecular flexibility index (Phi) is 3.87. The molecular weight excluding hydrogens is 248 g/mol. The monoisotopic (exact) mass is 260 g/mol. The van der Waals surface area contributed by atoms with Crippen molar-refractivity contribution < 1.29 is 9.66 Å².